The van der Waals surface area contributed by atoms with E-state index in [1.807, 2.05) is 80.7 Å². The highest BCUT2D eigenvalue weighted by Crippen LogP contribution is 2.34. The maximum absolute atomic E-state index is 12.6. The van der Waals surface area contributed by atoms with E-state index < -0.39 is 0 Å². The molecule has 31 heavy (non-hydrogen) atoms. The van der Waals surface area contributed by atoms with Crippen LogP contribution in [0.5, 0.6) is 5.75 Å². The Morgan fingerprint density at radius 1 is 1.00 bits per heavy atom. The molecule has 0 spiro atoms. The number of hydrogen-bond acceptors (Lipinski definition) is 2. The molecule has 4 aromatic rings. The van der Waals surface area contributed by atoms with Gasteiger partial charge in [-0.05, 0) is 54.3 Å². The van der Waals surface area contributed by atoms with Gasteiger partial charge in [-0.3, -0.25) is 4.79 Å². The van der Waals surface area contributed by atoms with Crippen LogP contribution in [0.4, 0.5) is 0 Å². The third-order valence-corrected chi connectivity index (χ3v) is 6.04. The normalized spacial score (nSPS) is 12.0. The first-order chi connectivity index (χ1) is 15.0. The third kappa shape index (κ3) is 4.59. The van der Waals surface area contributed by atoms with Crippen molar-refractivity contribution in [2.75, 3.05) is 13.2 Å². The molecule has 0 saturated heterocycles. The van der Waals surface area contributed by atoms with Crippen LogP contribution in [0, 0.1) is 13.8 Å². The van der Waals surface area contributed by atoms with Crippen LogP contribution in [0.25, 0.3) is 10.9 Å². The Morgan fingerprint density at radius 2 is 1.77 bits per heavy atom. The molecule has 1 aromatic heterocycles. The fraction of sp³-hybridized carbons (Fsp3) is 0.192. The number of benzene rings is 3. The number of aromatic amines is 1. The van der Waals surface area contributed by atoms with Gasteiger partial charge < -0.3 is 15.0 Å². The summed E-state index contributed by atoms with van der Waals surface area (Å²) < 4.78 is 5.76. The van der Waals surface area contributed by atoms with Gasteiger partial charge in [0, 0.05) is 34.6 Å². The van der Waals surface area contributed by atoms with Crippen LogP contribution in [0.15, 0.2) is 72.9 Å². The van der Waals surface area contributed by atoms with Crippen LogP contribution < -0.4 is 10.1 Å². The summed E-state index contributed by atoms with van der Waals surface area (Å²) >= 11 is 6.53. The van der Waals surface area contributed by atoms with Crippen LogP contribution in [0.3, 0.4) is 0 Å². The number of fused-ring (bicyclic) bond motifs is 1. The Bertz CT molecular complexity index is 1210. The number of halogens is 1. The minimum Gasteiger partial charge on any atom is -0.483 e. The second kappa shape index (κ2) is 9.27. The van der Waals surface area contributed by atoms with E-state index in [0.29, 0.717) is 11.6 Å². The molecule has 158 valence electrons. The highest BCUT2D eigenvalue weighted by Gasteiger charge is 2.21. The van der Waals surface area contributed by atoms with E-state index in [1.165, 1.54) is 0 Å². The predicted molar refractivity (Wildman–Crippen MR) is 126 cm³/mol. The van der Waals surface area contributed by atoms with E-state index in [4.69, 9.17) is 16.3 Å². The van der Waals surface area contributed by atoms with Crippen molar-refractivity contribution in [2.45, 2.75) is 19.8 Å². The highest BCUT2D eigenvalue weighted by atomic mass is 35.5. The summed E-state index contributed by atoms with van der Waals surface area (Å²) in [6.07, 6.45) is 2.00. The molecule has 1 heterocycles. The zero-order chi connectivity index (χ0) is 21.8. The molecular formula is C26H25ClN2O2. The van der Waals surface area contributed by atoms with E-state index in [-0.39, 0.29) is 18.4 Å². The monoisotopic (exact) mass is 432 g/mol. The number of ether oxygens (including phenoxy) is 1. The number of amides is 1. The number of aromatic nitrogens is 1. The van der Waals surface area contributed by atoms with Crippen LogP contribution in [-0.2, 0) is 4.79 Å². The van der Waals surface area contributed by atoms with Gasteiger partial charge in [-0.1, -0.05) is 60.1 Å². The zero-order valence-electron chi connectivity index (χ0n) is 17.6. The van der Waals surface area contributed by atoms with Gasteiger partial charge in [0.25, 0.3) is 5.91 Å². The Morgan fingerprint density at radius 3 is 2.61 bits per heavy atom. The topological polar surface area (TPSA) is 54.1 Å². The van der Waals surface area contributed by atoms with E-state index in [1.54, 1.807) is 0 Å². The fourth-order valence-electron chi connectivity index (χ4n) is 3.82. The molecule has 2 N–H and O–H groups in total. The molecule has 0 aliphatic carbocycles. The number of nitrogens with one attached hydrogen (secondary N) is 2. The minimum atomic E-state index is -0.169. The maximum atomic E-state index is 12.6. The molecule has 1 atom stereocenters. The van der Waals surface area contributed by atoms with Crippen molar-refractivity contribution < 1.29 is 9.53 Å². The lowest BCUT2D eigenvalue weighted by molar-refractivity contribution is -0.123. The molecule has 4 nitrogen and oxygen atoms in total. The second-order valence-electron chi connectivity index (χ2n) is 7.65. The molecular weight excluding hydrogens is 408 g/mol. The van der Waals surface area contributed by atoms with Crippen molar-refractivity contribution in [2.24, 2.45) is 0 Å². The first-order valence-electron chi connectivity index (χ1n) is 10.3. The molecule has 3 aromatic carbocycles. The summed E-state index contributed by atoms with van der Waals surface area (Å²) in [5.74, 6) is 0.474. The van der Waals surface area contributed by atoms with Gasteiger partial charge >= 0.3 is 0 Å². The summed E-state index contributed by atoms with van der Waals surface area (Å²) in [7, 11) is 0. The maximum Gasteiger partial charge on any atom is 0.257 e. The molecule has 0 saturated carbocycles. The van der Waals surface area contributed by atoms with Crippen molar-refractivity contribution in [1.29, 1.82) is 0 Å². The van der Waals surface area contributed by atoms with Crippen molar-refractivity contribution in [3.63, 3.8) is 0 Å². The average molecular weight is 433 g/mol. The summed E-state index contributed by atoms with van der Waals surface area (Å²) in [5.41, 5.74) is 5.31. The van der Waals surface area contributed by atoms with E-state index in [9.17, 15) is 4.79 Å². The quantitative estimate of drug-likeness (QED) is 0.389. The van der Waals surface area contributed by atoms with Crippen molar-refractivity contribution in [1.82, 2.24) is 10.3 Å². The molecule has 0 fully saturated rings. The SMILES string of the molecule is Cc1cccc(OCC(=O)NCC(c2ccccc2Cl)c2c[nH]c3ccccc23)c1C. The van der Waals surface area contributed by atoms with Crippen molar-refractivity contribution in [3.8, 4) is 5.75 Å². The van der Waals surface area contributed by atoms with Crippen molar-refractivity contribution in [3.05, 3.63) is 100 Å². The van der Waals surface area contributed by atoms with Gasteiger partial charge in [0.2, 0.25) is 0 Å². The van der Waals surface area contributed by atoms with Gasteiger partial charge in [-0.25, -0.2) is 0 Å². The molecule has 0 radical (unpaired) electrons. The Labute approximate surface area is 187 Å². The summed E-state index contributed by atoms with van der Waals surface area (Å²) in [6.45, 7) is 4.40. The number of aryl methyl sites for hydroxylation is 1. The number of rotatable bonds is 7. The number of para-hydroxylation sites is 1. The molecule has 4 rings (SSSR count). The average Bonchev–Trinajstić information content (AvgIpc) is 3.20. The lowest BCUT2D eigenvalue weighted by Gasteiger charge is -2.19. The second-order valence-corrected chi connectivity index (χ2v) is 8.06. The first-order valence-corrected chi connectivity index (χ1v) is 10.7. The molecule has 5 heteroatoms. The van der Waals surface area contributed by atoms with Crippen LogP contribution >= 0.6 is 11.6 Å². The first kappa shape index (κ1) is 21.0. The minimum absolute atomic E-state index is 0.0343. The predicted octanol–water partition coefficient (Wildman–Crippen LogP) is 5.77. The van der Waals surface area contributed by atoms with Crippen LogP contribution in [-0.4, -0.2) is 24.0 Å². The van der Waals surface area contributed by atoms with Gasteiger partial charge in [-0.15, -0.1) is 0 Å². The number of carbonyl (C=O) groups excluding carboxylic acids is 1. The fourth-order valence-corrected chi connectivity index (χ4v) is 4.09. The summed E-state index contributed by atoms with van der Waals surface area (Å²) in [6, 6.07) is 21.7. The molecule has 1 amide bonds. The number of carbonyl (C=O) groups is 1. The van der Waals surface area contributed by atoms with Crippen LogP contribution in [0.1, 0.15) is 28.2 Å². The smallest absolute Gasteiger partial charge is 0.257 e. The highest BCUT2D eigenvalue weighted by molar-refractivity contribution is 6.31. The molecule has 0 aliphatic heterocycles. The molecule has 0 bridgehead atoms. The largest absolute Gasteiger partial charge is 0.483 e. The van der Waals surface area contributed by atoms with Gasteiger partial charge in [0.15, 0.2) is 6.61 Å². The number of H-pyrrole nitrogens is 1. The summed E-state index contributed by atoms with van der Waals surface area (Å²) in [5, 5.41) is 4.83. The zero-order valence-corrected chi connectivity index (χ0v) is 18.4. The van der Waals surface area contributed by atoms with Crippen molar-refractivity contribution >= 4 is 28.4 Å². The number of hydrogen-bond donors (Lipinski definition) is 2. The Hall–Kier alpha value is -3.24. The van der Waals surface area contributed by atoms with E-state index in [0.717, 1.165) is 38.9 Å². The van der Waals surface area contributed by atoms with Gasteiger partial charge in [0.05, 0.1) is 0 Å². The Kier molecular flexibility index (Phi) is 6.28. The molecule has 0 aliphatic rings. The van der Waals surface area contributed by atoms with E-state index >= 15 is 0 Å². The van der Waals surface area contributed by atoms with E-state index in [2.05, 4.69) is 16.4 Å². The standard InChI is InChI=1S/C26H25ClN2O2/c1-17-8-7-13-25(18(17)2)31-16-26(30)29-15-21(19-9-3-5-11-23(19)27)22-14-28-24-12-6-4-10-20(22)24/h3-14,21,28H,15-16H2,1-2H3,(H,29,30). The van der Waals surface area contributed by atoms with Gasteiger partial charge in [0.1, 0.15) is 5.75 Å². The molecule has 1 unspecified atom stereocenters. The van der Waals surface area contributed by atoms with Crippen LogP contribution in [0.2, 0.25) is 5.02 Å². The summed E-state index contributed by atoms with van der Waals surface area (Å²) in [4.78, 5) is 15.9. The third-order valence-electron chi connectivity index (χ3n) is 5.69. The Balaban J connectivity index is 1.52. The lowest BCUT2D eigenvalue weighted by atomic mass is 9.91. The lowest BCUT2D eigenvalue weighted by Crippen LogP contribution is -2.33. The van der Waals surface area contributed by atoms with Gasteiger partial charge in [-0.2, -0.15) is 0 Å².